The van der Waals surface area contributed by atoms with E-state index in [0.717, 1.165) is 16.3 Å². The molecular formula is C13H13N3O4S. The number of benzene rings is 1. The molecule has 0 spiro atoms. The van der Waals surface area contributed by atoms with Gasteiger partial charge < -0.3 is 10.4 Å². The Morgan fingerprint density at radius 2 is 2.29 bits per heavy atom. The number of nitro benzene ring substituents is 1. The highest BCUT2D eigenvalue weighted by Crippen LogP contribution is 2.26. The third-order valence-electron chi connectivity index (χ3n) is 2.82. The average Bonchev–Trinajstić information content (AvgIpc) is 2.92. The van der Waals surface area contributed by atoms with Gasteiger partial charge in [0.2, 0.25) is 0 Å². The Kier molecular flexibility index (Phi) is 4.49. The molecule has 0 fully saturated rings. The number of nitrogens with one attached hydrogen (secondary N) is 1. The first kappa shape index (κ1) is 14.9. The molecule has 0 bridgehead atoms. The third-order valence-corrected chi connectivity index (χ3v) is 3.96. The van der Waals surface area contributed by atoms with Crippen molar-refractivity contribution >= 4 is 28.7 Å². The van der Waals surface area contributed by atoms with Crippen LogP contribution in [0.4, 0.5) is 11.4 Å². The van der Waals surface area contributed by atoms with Gasteiger partial charge in [0.05, 0.1) is 17.0 Å². The Hall–Kier alpha value is -2.48. The summed E-state index contributed by atoms with van der Waals surface area (Å²) in [7, 11) is 0. The van der Waals surface area contributed by atoms with Gasteiger partial charge in [-0.05, 0) is 18.6 Å². The quantitative estimate of drug-likeness (QED) is 0.628. The molecular weight excluding hydrogens is 294 g/mol. The Balaban J connectivity index is 2.22. The molecule has 0 radical (unpaired) electrons. The van der Waals surface area contributed by atoms with Gasteiger partial charge in [0.15, 0.2) is 0 Å². The first-order chi connectivity index (χ1) is 10.0. The van der Waals surface area contributed by atoms with Crippen LogP contribution in [-0.4, -0.2) is 21.0 Å². The lowest BCUT2D eigenvalue weighted by atomic mass is 10.1. The van der Waals surface area contributed by atoms with E-state index in [1.165, 1.54) is 29.5 Å². The molecule has 1 heterocycles. The zero-order valence-electron chi connectivity index (χ0n) is 11.2. The third kappa shape index (κ3) is 3.54. The number of aryl methyl sites for hydroxylation is 1. The normalized spacial score (nSPS) is 10.3. The Morgan fingerprint density at radius 3 is 2.86 bits per heavy atom. The van der Waals surface area contributed by atoms with E-state index in [2.05, 4.69) is 10.3 Å². The number of anilines is 1. The fraction of sp³-hybridized carbons (Fsp3) is 0.231. The number of hydrogen-bond acceptors (Lipinski definition) is 6. The van der Waals surface area contributed by atoms with Crippen molar-refractivity contribution in [2.75, 3.05) is 5.32 Å². The van der Waals surface area contributed by atoms with Crippen LogP contribution in [0.1, 0.15) is 27.2 Å². The van der Waals surface area contributed by atoms with Crippen molar-refractivity contribution in [3.05, 3.63) is 50.0 Å². The number of thiazole rings is 1. The SMILES string of the molecule is CCc1cnc(CNc2cc(C(=O)O)ccc2[N+](=O)[O-])s1. The van der Waals surface area contributed by atoms with E-state index in [4.69, 9.17) is 5.11 Å². The van der Waals surface area contributed by atoms with Gasteiger partial charge in [0.25, 0.3) is 5.69 Å². The number of nitro groups is 1. The molecule has 1 aromatic carbocycles. The largest absolute Gasteiger partial charge is 0.478 e. The van der Waals surface area contributed by atoms with E-state index < -0.39 is 10.9 Å². The lowest BCUT2D eigenvalue weighted by molar-refractivity contribution is -0.384. The highest BCUT2D eigenvalue weighted by atomic mass is 32.1. The van der Waals surface area contributed by atoms with E-state index in [1.807, 2.05) is 6.92 Å². The predicted molar refractivity (Wildman–Crippen MR) is 78.9 cm³/mol. The Morgan fingerprint density at radius 1 is 1.52 bits per heavy atom. The van der Waals surface area contributed by atoms with Gasteiger partial charge in [-0.25, -0.2) is 9.78 Å². The minimum absolute atomic E-state index is 0.00325. The fourth-order valence-corrected chi connectivity index (χ4v) is 2.54. The molecule has 0 aliphatic heterocycles. The Labute approximate surface area is 124 Å². The van der Waals surface area contributed by atoms with E-state index in [0.29, 0.717) is 6.54 Å². The summed E-state index contributed by atoms with van der Waals surface area (Å²) >= 11 is 1.52. The second-order valence-electron chi connectivity index (χ2n) is 4.22. The molecule has 0 unspecified atom stereocenters. The summed E-state index contributed by atoms with van der Waals surface area (Å²) in [6.45, 7) is 2.33. The number of carbonyl (C=O) groups is 1. The van der Waals surface area contributed by atoms with E-state index in [1.54, 1.807) is 6.20 Å². The topological polar surface area (TPSA) is 105 Å². The van der Waals surface area contributed by atoms with Gasteiger partial charge >= 0.3 is 5.97 Å². The standard InChI is InChI=1S/C13H13N3O4S/c1-2-9-6-15-12(21-9)7-14-10-5-8(13(17)18)3-4-11(10)16(19)20/h3-6,14H,2,7H2,1H3,(H,17,18). The maximum absolute atomic E-state index is 11.0. The number of aromatic carboxylic acids is 1. The molecule has 0 atom stereocenters. The maximum atomic E-state index is 11.0. The smallest absolute Gasteiger partial charge is 0.335 e. The summed E-state index contributed by atoms with van der Waals surface area (Å²) in [4.78, 5) is 26.7. The van der Waals surface area contributed by atoms with E-state index in [-0.39, 0.29) is 16.9 Å². The molecule has 1 aromatic heterocycles. The van der Waals surface area contributed by atoms with Gasteiger partial charge in [-0.3, -0.25) is 10.1 Å². The number of carboxylic acid groups (broad SMARTS) is 1. The van der Waals surface area contributed by atoms with E-state index in [9.17, 15) is 14.9 Å². The molecule has 0 aliphatic rings. The van der Waals surface area contributed by atoms with Crippen LogP contribution >= 0.6 is 11.3 Å². The van der Waals surface area contributed by atoms with Gasteiger partial charge in [-0.1, -0.05) is 6.92 Å². The van der Waals surface area contributed by atoms with Crippen molar-refractivity contribution in [2.45, 2.75) is 19.9 Å². The highest BCUT2D eigenvalue weighted by molar-refractivity contribution is 7.11. The first-order valence-corrected chi connectivity index (χ1v) is 7.02. The van der Waals surface area contributed by atoms with Gasteiger partial charge in [-0.15, -0.1) is 11.3 Å². The van der Waals surface area contributed by atoms with Crippen molar-refractivity contribution in [1.29, 1.82) is 0 Å². The van der Waals surface area contributed by atoms with Crippen LogP contribution < -0.4 is 5.32 Å². The number of aromatic nitrogens is 1. The van der Waals surface area contributed by atoms with Crippen molar-refractivity contribution in [2.24, 2.45) is 0 Å². The molecule has 0 aliphatic carbocycles. The summed E-state index contributed by atoms with van der Waals surface area (Å²) in [6.07, 6.45) is 2.65. The molecule has 2 rings (SSSR count). The molecule has 110 valence electrons. The van der Waals surface area contributed by atoms with Crippen LogP contribution in [0.2, 0.25) is 0 Å². The molecule has 0 amide bonds. The maximum Gasteiger partial charge on any atom is 0.335 e. The number of rotatable bonds is 6. The Bertz CT molecular complexity index is 684. The van der Waals surface area contributed by atoms with E-state index >= 15 is 0 Å². The van der Waals surface area contributed by atoms with Gasteiger partial charge in [0.1, 0.15) is 10.7 Å². The summed E-state index contributed by atoms with van der Waals surface area (Å²) in [5.41, 5.74) is 0.0110. The lowest BCUT2D eigenvalue weighted by Gasteiger charge is -2.06. The predicted octanol–water partition coefficient (Wildman–Crippen LogP) is 2.92. The van der Waals surface area contributed by atoms with Gasteiger partial charge in [-0.2, -0.15) is 0 Å². The molecule has 8 heteroatoms. The van der Waals surface area contributed by atoms with Crippen LogP contribution in [0.3, 0.4) is 0 Å². The fourth-order valence-electron chi connectivity index (χ4n) is 1.73. The molecule has 0 saturated carbocycles. The number of carboxylic acids is 1. The van der Waals surface area contributed by atoms with Crippen molar-refractivity contribution in [1.82, 2.24) is 4.98 Å². The molecule has 7 nitrogen and oxygen atoms in total. The molecule has 0 saturated heterocycles. The lowest BCUT2D eigenvalue weighted by Crippen LogP contribution is -2.05. The van der Waals surface area contributed by atoms with Crippen LogP contribution in [0.15, 0.2) is 24.4 Å². The minimum atomic E-state index is -1.13. The average molecular weight is 307 g/mol. The van der Waals surface area contributed by atoms with Crippen LogP contribution in [0.25, 0.3) is 0 Å². The molecule has 2 aromatic rings. The summed E-state index contributed by atoms with van der Waals surface area (Å²) in [6, 6.07) is 3.66. The molecule has 21 heavy (non-hydrogen) atoms. The monoisotopic (exact) mass is 307 g/mol. The first-order valence-electron chi connectivity index (χ1n) is 6.20. The second-order valence-corrected chi connectivity index (χ2v) is 5.42. The highest BCUT2D eigenvalue weighted by Gasteiger charge is 2.16. The van der Waals surface area contributed by atoms with Crippen LogP contribution in [-0.2, 0) is 13.0 Å². The number of hydrogen-bond donors (Lipinski definition) is 2. The zero-order valence-corrected chi connectivity index (χ0v) is 12.0. The summed E-state index contributed by atoms with van der Waals surface area (Å²) in [5, 5.41) is 23.6. The van der Waals surface area contributed by atoms with Crippen LogP contribution in [0, 0.1) is 10.1 Å². The van der Waals surface area contributed by atoms with Crippen molar-refractivity contribution in [3.8, 4) is 0 Å². The summed E-state index contributed by atoms with van der Waals surface area (Å²) in [5.74, 6) is -1.13. The number of nitrogens with zero attached hydrogens (tertiary/aromatic N) is 2. The van der Waals surface area contributed by atoms with Crippen molar-refractivity contribution < 1.29 is 14.8 Å². The second kappa shape index (κ2) is 6.31. The van der Waals surface area contributed by atoms with Crippen molar-refractivity contribution in [3.63, 3.8) is 0 Å². The van der Waals surface area contributed by atoms with Gasteiger partial charge in [0, 0.05) is 17.1 Å². The minimum Gasteiger partial charge on any atom is -0.478 e. The zero-order chi connectivity index (χ0) is 15.4. The summed E-state index contributed by atoms with van der Waals surface area (Å²) < 4.78 is 0. The van der Waals surface area contributed by atoms with Crippen LogP contribution in [0.5, 0.6) is 0 Å². The molecule has 2 N–H and O–H groups in total.